The highest BCUT2D eigenvalue weighted by Crippen LogP contribution is 2.37. The number of carbonyl (C=O) groups excluding carboxylic acids is 2. The number of carbonyl (C=O) groups is 3. The molecule has 11 nitrogen and oxygen atoms in total. The van der Waals surface area contributed by atoms with Crippen molar-refractivity contribution in [2.24, 2.45) is 4.99 Å². The van der Waals surface area contributed by atoms with Crippen LogP contribution in [0.25, 0.3) is 0 Å². The van der Waals surface area contributed by atoms with E-state index >= 15 is 0 Å². The van der Waals surface area contributed by atoms with Gasteiger partial charge in [-0.2, -0.15) is 0 Å². The smallest absolute Gasteiger partial charge is 0.338 e. The molecule has 3 aliphatic rings. The lowest BCUT2D eigenvalue weighted by molar-refractivity contribution is -0.139. The van der Waals surface area contributed by atoms with Crippen LogP contribution in [0, 0.1) is 5.82 Å². The molecule has 0 radical (unpaired) electrons. The van der Waals surface area contributed by atoms with E-state index in [1.54, 1.807) is 36.2 Å². The van der Waals surface area contributed by atoms with Gasteiger partial charge in [0.2, 0.25) is 0 Å². The molecule has 2 N–H and O–H groups in total. The second-order valence-electron chi connectivity index (χ2n) is 10.8. The summed E-state index contributed by atoms with van der Waals surface area (Å²) >= 11 is 7.80. The second-order valence-corrected chi connectivity index (χ2v) is 12.1. The number of hydrogen-bond donors (Lipinski definition) is 2. The molecule has 2 amide bonds. The zero-order valence-electron chi connectivity index (χ0n) is 24.3. The van der Waals surface area contributed by atoms with E-state index in [-0.39, 0.29) is 34.8 Å². The van der Waals surface area contributed by atoms with Crippen molar-refractivity contribution in [3.05, 3.63) is 97.8 Å². The van der Waals surface area contributed by atoms with Gasteiger partial charge < -0.3 is 25.0 Å². The number of carboxylic acid groups (broad SMARTS) is 1. The van der Waals surface area contributed by atoms with E-state index in [4.69, 9.17) is 21.3 Å². The van der Waals surface area contributed by atoms with Crippen molar-refractivity contribution >= 4 is 46.7 Å². The molecule has 2 unspecified atom stereocenters. The SMILES string of the molecule is CCOC(=O)C1=C(CN2CCN3C(=O)N(Cc4ccc(C(=O)O)cc4)CC3C2)NC(c2nccs2)=NC1c1cccc(F)c1Cl. The quantitative estimate of drug-likeness (QED) is 0.330. The monoisotopic (exact) mass is 652 g/mol. The summed E-state index contributed by atoms with van der Waals surface area (Å²) in [7, 11) is 0. The average Bonchev–Trinajstić information content (AvgIpc) is 3.67. The Kier molecular flexibility index (Phi) is 8.83. The number of aromatic carboxylic acids is 1. The van der Waals surface area contributed by atoms with Crippen LogP contribution in [0.1, 0.15) is 39.5 Å². The summed E-state index contributed by atoms with van der Waals surface area (Å²) in [5.74, 6) is -1.76. The third-order valence-corrected chi connectivity index (χ3v) is 9.18. The molecular weight excluding hydrogens is 623 g/mol. The number of aromatic nitrogens is 1. The van der Waals surface area contributed by atoms with Gasteiger partial charge in [-0.1, -0.05) is 35.9 Å². The van der Waals surface area contributed by atoms with Crippen molar-refractivity contribution in [3.63, 3.8) is 0 Å². The van der Waals surface area contributed by atoms with Crippen LogP contribution in [0.3, 0.4) is 0 Å². The van der Waals surface area contributed by atoms with E-state index < -0.39 is 23.8 Å². The Hall–Kier alpha value is -4.33. The number of urea groups is 1. The molecule has 45 heavy (non-hydrogen) atoms. The first-order chi connectivity index (χ1) is 21.7. The zero-order valence-corrected chi connectivity index (χ0v) is 25.9. The number of amides is 2. The number of halogens is 2. The molecule has 2 fully saturated rings. The number of aliphatic imine (C=N–C) groups is 1. The normalized spacial score (nSPS) is 20.2. The van der Waals surface area contributed by atoms with Gasteiger partial charge in [-0.15, -0.1) is 11.3 Å². The number of nitrogens with zero attached hydrogens (tertiary/aromatic N) is 5. The van der Waals surface area contributed by atoms with E-state index in [0.29, 0.717) is 61.4 Å². The Labute approximate surface area is 267 Å². The van der Waals surface area contributed by atoms with Crippen LogP contribution in [0.2, 0.25) is 5.02 Å². The molecule has 234 valence electrons. The summed E-state index contributed by atoms with van der Waals surface area (Å²) in [6.07, 6.45) is 1.65. The maximum Gasteiger partial charge on any atom is 0.338 e. The zero-order chi connectivity index (χ0) is 31.7. The molecule has 14 heteroatoms. The second kappa shape index (κ2) is 13.0. The van der Waals surface area contributed by atoms with Gasteiger partial charge in [-0.05, 0) is 30.7 Å². The Morgan fingerprint density at radius 2 is 1.96 bits per heavy atom. The number of amidine groups is 1. The van der Waals surface area contributed by atoms with Crippen LogP contribution in [0.5, 0.6) is 0 Å². The minimum atomic E-state index is -1.000. The average molecular weight is 653 g/mol. The number of nitrogens with one attached hydrogen (secondary N) is 1. The Morgan fingerprint density at radius 3 is 2.67 bits per heavy atom. The van der Waals surface area contributed by atoms with Crippen molar-refractivity contribution in [2.75, 3.05) is 39.3 Å². The molecule has 3 aromatic rings. The molecular formula is C31H30ClFN6O5S. The highest BCUT2D eigenvalue weighted by Gasteiger charge is 2.42. The number of ether oxygens (including phenoxy) is 1. The molecule has 2 saturated heterocycles. The summed E-state index contributed by atoms with van der Waals surface area (Å²) < 4.78 is 20.1. The number of esters is 1. The third kappa shape index (κ3) is 6.28. The van der Waals surface area contributed by atoms with Crippen LogP contribution in [-0.4, -0.2) is 94.0 Å². The van der Waals surface area contributed by atoms with Gasteiger partial charge in [0.05, 0.1) is 28.8 Å². The summed E-state index contributed by atoms with van der Waals surface area (Å²) in [4.78, 5) is 52.9. The third-order valence-electron chi connectivity index (χ3n) is 8.00. The molecule has 6 rings (SSSR count). The molecule has 0 aliphatic carbocycles. The largest absolute Gasteiger partial charge is 0.478 e. The fourth-order valence-electron chi connectivity index (χ4n) is 5.89. The van der Waals surface area contributed by atoms with Crippen molar-refractivity contribution in [1.29, 1.82) is 0 Å². The minimum Gasteiger partial charge on any atom is -0.478 e. The van der Waals surface area contributed by atoms with Gasteiger partial charge in [-0.3, -0.25) is 9.89 Å². The van der Waals surface area contributed by atoms with E-state index in [9.17, 15) is 23.9 Å². The molecule has 0 bridgehead atoms. The van der Waals surface area contributed by atoms with Gasteiger partial charge in [0.15, 0.2) is 10.8 Å². The highest BCUT2D eigenvalue weighted by atomic mass is 35.5. The lowest BCUT2D eigenvalue weighted by Gasteiger charge is -2.38. The van der Waals surface area contributed by atoms with E-state index in [0.717, 1.165) is 5.56 Å². The summed E-state index contributed by atoms with van der Waals surface area (Å²) in [6, 6.07) is 9.87. The maximum absolute atomic E-state index is 14.6. The number of benzene rings is 2. The first kappa shape index (κ1) is 30.7. The standard InChI is InChI=1S/C31H30ClFN6O5S/c1-2-44-30(42)24-23(35-27(28-34-10-13-45-28)36-26(24)21-4-3-5-22(33)25(21)32)17-37-11-12-39-20(15-37)16-38(31(39)43)14-18-6-8-19(9-7-18)29(40)41/h3-10,13,20,26H,2,11-12,14-17H2,1H3,(H,35,36)(H,40,41). The topological polar surface area (TPSA) is 128 Å². The maximum atomic E-state index is 14.6. The number of fused-ring (bicyclic) bond motifs is 1. The van der Waals surface area contributed by atoms with Gasteiger partial charge in [0.25, 0.3) is 0 Å². The predicted octanol–water partition coefficient (Wildman–Crippen LogP) is 4.16. The molecule has 1 aromatic heterocycles. The first-order valence-corrected chi connectivity index (χ1v) is 15.7. The molecule has 4 heterocycles. The van der Waals surface area contributed by atoms with Crippen molar-refractivity contribution < 1.29 is 28.6 Å². The van der Waals surface area contributed by atoms with Crippen LogP contribution in [0.4, 0.5) is 9.18 Å². The van der Waals surface area contributed by atoms with Crippen LogP contribution < -0.4 is 5.32 Å². The predicted molar refractivity (Wildman–Crippen MR) is 166 cm³/mol. The number of carboxylic acids is 1. The number of thiazole rings is 1. The van der Waals surface area contributed by atoms with Crippen molar-refractivity contribution in [1.82, 2.24) is 25.0 Å². The van der Waals surface area contributed by atoms with E-state index in [1.807, 2.05) is 10.3 Å². The van der Waals surface area contributed by atoms with Gasteiger partial charge in [-0.25, -0.2) is 23.8 Å². The Bertz CT molecular complexity index is 1680. The van der Waals surface area contributed by atoms with E-state index in [2.05, 4.69) is 15.2 Å². The Balaban J connectivity index is 1.26. The van der Waals surface area contributed by atoms with Crippen LogP contribution >= 0.6 is 22.9 Å². The van der Waals surface area contributed by atoms with Crippen molar-refractivity contribution in [3.8, 4) is 0 Å². The summed E-state index contributed by atoms with van der Waals surface area (Å²) in [6.45, 7) is 4.64. The summed E-state index contributed by atoms with van der Waals surface area (Å²) in [5, 5.41) is 14.8. The lowest BCUT2D eigenvalue weighted by atomic mass is 9.95. The number of hydrogen-bond acceptors (Lipinski definition) is 9. The van der Waals surface area contributed by atoms with Crippen LogP contribution in [0.15, 0.2) is 70.3 Å². The minimum absolute atomic E-state index is 0.0665. The molecule has 2 atom stereocenters. The van der Waals surface area contributed by atoms with Gasteiger partial charge in [0, 0.05) is 62.1 Å². The fourth-order valence-corrected chi connectivity index (χ4v) is 6.71. The first-order valence-electron chi connectivity index (χ1n) is 14.4. The van der Waals surface area contributed by atoms with E-state index in [1.165, 1.54) is 35.6 Å². The molecule has 0 spiro atoms. The molecule has 2 aromatic carbocycles. The fraction of sp³-hybridized carbons (Fsp3) is 0.323. The lowest BCUT2D eigenvalue weighted by Crippen LogP contribution is -2.53. The highest BCUT2D eigenvalue weighted by molar-refractivity contribution is 7.11. The van der Waals surface area contributed by atoms with Gasteiger partial charge in [0.1, 0.15) is 11.9 Å². The number of rotatable bonds is 9. The number of piperazine rings is 1. The van der Waals surface area contributed by atoms with Gasteiger partial charge >= 0.3 is 18.0 Å². The van der Waals surface area contributed by atoms with Crippen molar-refractivity contribution in [2.45, 2.75) is 25.6 Å². The molecule has 3 aliphatic heterocycles. The summed E-state index contributed by atoms with van der Waals surface area (Å²) in [5.41, 5.74) is 2.16. The molecule has 0 saturated carbocycles. The Morgan fingerprint density at radius 1 is 1.16 bits per heavy atom. The van der Waals surface area contributed by atoms with Crippen LogP contribution in [-0.2, 0) is 16.1 Å².